The molecule has 0 fully saturated rings. The number of aromatic nitrogens is 2. The van der Waals surface area contributed by atoms with Gasteiger partial charge in [0.1, 0.15) is 5.75 Å². The fourth-order valence-corrected chi connectivity index (χ4v) is 2.50. The molecule has 0 amide bonds. The first-order valence-electron chi connectivity index (χ1n) is 9.03. The quantitative estimate of drug-likeness (QED) is 0.407. The van der Waals surface area contributed by atoms with E-state index in [-0.39, 0.29) is 5.92 Å². The second kappa shape index (κ2) is 10.4. The number of aryl methyl sites for hydroxylation is 1. The molecule has 0 aliphatic heterocycles. The minimum atomic E-state index is 0.289. The lowest BCUT2D eigenvalue weighted by atomic mass is 10.1. The summed E-state index contributed by atoms with van der Waals surface area (Å²) >= 11 is 0. The van der Waals surface area contributed by atoms with E-state index in [0.717, 1.165) is 49.9 Å². The molecule has 1 heterocycles. The number of nitrogens with zero attached hydrogens (tertiary/aromatic N) is 3. The monoisotopic (exact) mass is 359 g/mol. The zero-order chi connectivity index (χ0) is 18.8. The van der Waals surface area contributed by atoms with Crippen LogP contribution in [0, 0.1) is 0 Å². The number of aliphatic imine (C=N–C) groups is 1. The molecule has 0 aliphatic carbocycles. The molecular formula is C19H29N5O2. The third-order valence-electron chi connectivity index (χ3n) is 3.96. The zero-order valence-corrected chi connectivity index (χ0v) is 16.1. The number of para-hydroxylation sites is 1. The average Bonchev–Trinajstić information content (AvgIpc) is 3.13. The van der Waals surface area contributed by atoms with E-state index in [1.807, 2.05) is 18.2 Å². The summed E-state index contributed by atoms with van der Waals surface area (Å²) in [4.78, 5) is 8.63. The molecular weight excluding hydrogens is 330 g/mol. The van der Waals surface area contributed by atoms with Gasteiger partial charge in [-0.25, -0.2) is 0 Å². The number of methoxy groups -OCH3 is 1. The van der Waals surface area contributed by atoms with E-state index >= 15 is 0 Å². The van der Waals surface area contributed by atoms with E-state index in [9.17, 15) is 0 Å². The largest absolute Gasteiger partial charge is 0.496 e. The standard InChI is InChI=1S/C19H29N5O2/c1-14(2)18-23-17(26-24-18)10-7-12-21-19(20-3)22-13-11-15-8-5-6-9-16(15)25-4/h5-6,8-9,14H,7,10-13H2,1-4H3,(H2,20,21,22). The zero-order valence-electron chi connectivity index (χ0n) is 16.1. The van der Waals surface area contributed by atoms with Gasteiger partial charge in [0.05, 0.1) is 7.11 Å². The molecule has 7 nitrogen and oxygen atoms in total. The first-order valence-corrected chi connectivity index (χ1v) is 9.03. The Hall–Kier alpha value is -2.57. The van der Waals surface area contributed by atoms with Crippen LogP contribution in [-0.4, -0.2) is 43.3 Å². The van der Waals surface area contributed by atoms with E-state index in [0.29, 0.717) is 5.89 Å². The van der Waals surface area contributed by atoms with Gasteiger partial charge in [0.2, 0.25) is 5.89 Å². The number of guanidine groups is 1. The topological polar surface area (TPSA) is 84.6 Å². The molecule has 1 aromatic carbocycles. The highest BCUT2D eigenvalue weighted by molar-refractivity contribution is 5.79. The molecule has 0 unspecified atom stereocenters. The smallest absolute Gasteiger partial charge is 0.226 e. The van der Waals surface area contributed by atoms with Crippen molar-refractivity contribution in [2.75, 3.05) is 27.2 Å². The molecule has 0 bridgehead atoms. The summed E-state index contributed by atoms with van der Waals surface area (Å²) in [6, 6.07) is 8.05. The van der Waals surface area contributed by atoms with Crippen molar-refractivity contribution in [3.8, 4) is 5.75 Å². The Morgan fingerprint density at radius 2 is 1.96 bits per heavy atom. The molecule has 0 radical (unpaired) electrons. The van der Waals surface area contributed by atoms with Gasteiger partial charge in [0, 0.05) is 32.5 Å². The van der Waals surface area contributed by atoms with E-state index < -0.39 is 0 Å². The molecule has 0 atom stereocenters. The van der Waals surface area contributed by atoms with Crippen LogP contribution in [0.3, 0.4) is 0 Å². The Labute approximate surface area is 155 Å². The third kappa shape index (κ3) is 6.06. The maximum absolute atomic E-state index is 5.37. The second-order valence-corrected chi connectivity index (χ2v) is 6.29. The van der Waals surface area contributed by atoms with Crippen molar-refractivity contribution < 1.29 is 9.26 Å². The second-order valence-electron chi connectivity index (χ2n) is 6.29. The summed E-state index contributed by atoms with van der Waals surface area (Å²) in [5.74, 6) is 3.44. The van der Waals surface area contributed by atoms with Crippen molar-refractivity contribution in [1.82, 2.24) is 20.8 Å². The maximum Gasteiger partial charge on any atom is 0.226 e. The molecule has 0 saturated heterocycles. The van der Waals surface area contributed by atoms with Crippen molar-refractivity contribution in [2.45, 2.75) is 39.0 Å². The first kappa shape index (κ1) is 19.8. The maximum atomic E-state index is 5.37. The average molecular weight is 359 g/mol. The summed E-state index contributed by atoms with van der Waals surface area (Å²) in [5.41, 5.74) is 1.18. The predicted molar refractivity (Wildman–Crippen MR) is 103 cm³/mol. The van der Waals surface area contributed by atoms with E-state index in [2.05, 4.69) is 45.7 Å². The SMILES string of the molecule is CN=C(NCCCc1nc(C(C)C)no1)NCCc1ccccc1OC. The fourth-order valence-electron chi connectivity index (χ4n) is 2.50. The molecule has 2 rings (SSSR count). The molecule has 1 aromatic heterocycles. The molecule has 7 heteroatoms. The Bertz CT molecular complexity index is 697. The van der Waals surface area contributed by atoms with E-state index in [1.165, 1.54) is 5.56 Å². The van der Waals surface area contributed by atoms with Gasteiger partial charge in [-0.1, -0.05) is 37.2 Å². The van der Waals surface area contributed by atoms with Crippen LogP contribution in [-0.2, 0) is 12.8 Å². The number of hydrogen-bond acceptors (Lipinski definition) is 5. The highest BCUT2D eigenvalue weighted by Gasteiger charge is 2.09. The van der Waals surface area contributed by atoms with Crippen LogP contribution in [0.4, 0.5) is 0 Å². The van der Waals surface area contributed by atoms with Crippen LogP contribution in [0.25, 0.3) is 0 Å². The molecule has 0 aliphatic rings. The third-order valence-corrected chi connectivity index (χ3v) is 3.96. The van der Waals surface area contributed by atoms with E-state index in [1.54, 1.807) is 14.2 Å². The molecule has 0 saturated carbocycles. The van der Waals surface area contributed by atoms with Crippen molar-refractivity contribution in [3.63, 3.8) is 0 Å². The Kier molecular flexibility index (Phi) is 7.92. The molecule has 2 aromatic rings. The van der Waals surface area contributed by atoms with Gasteiger partial charge in [-0.3, -0.25) is 4.99 Å². The first-order chi connectivity index (χ1) is 12.6. The van der Waals surface area contributed by atoms with Crippen molar-refractivity contribution in [3.05, 3.63) is 41.5 Å². The summed E-state index contributed by atoms with van der Waals surface area (Å²) in [7, 11) is 3.46. The van der Waals surface area contributed by atoms with E-state index in [4.69, 9.17) is 9.26 Å². The fraction of sp³-hybridized carbons (Fsp3) is 0.526. The number of nitrogens with one attached hydrogen (secondary N) is 2. The summed E-state index contributed by atoms with van der Waals surface area (Å²) in [5, 5.41) is 10.6. The van der Waals surface area contributed by atoms with Crippen LogP contribution >= 0.6 is 0 Å². The lowest BCUT2D eigenvalue weighted by Crippen LogP contribution is -2.38. The minimum absolute atomic E-state index is 0.289. The molecule has 0 spiro atoms. The number of rotatable bonds is 9. The Morgan fingerprint density at radius 3 is 2.65 bits per heavy atom. The highest BCUT2D eigenvalue weighted by Crippen LogP contribution is 2.17. The summed E-state index contributed by atoms with van der Waals surface area (Å²) < 4.78 is 10.6. The van der Waals surface area contributed by atoms with Gasteiger partial charge in [-0.05, 0) is 24.5 Å². The van der Waals surface area contributed by atoms with Gasteiger partial charge < -0.3 is 19.9 Å². The van der Waals surface area contributed by atoms with Gasteiger partial charge in [-0.2, -0.15) is 4.98 Å². The number of hydrogen-bond donors (Lipinski definition) is 2. The Balaban J connectivity index is 1.67. The van der Waals surface area contributed by atoms with Crippen LogP contribution in [0.15, 0.2) is 33.8 Å². The van der Waals surface area contributed by atoms with Crippen LogP contribution in [0.5, 0.6) is 5.75 Å². The summed E-state index contributed by atoms with van der Waals surface area (Å²) in [6.07, 6.45) is 2.52. The number of ether oxygens (including phenoxy) is 1. The lowest BCUT2D eigenvalue weighted by Gasteiger charge is -2.12. The van der Waals surface area contributed by atoms with Gasteiger partial charge >= 0.3 is 0 Å². The van der Waals surface area contributed by atoms with Crippen LogP contribution in [0.1, 0.15) is 43.5 Å². The van der Waals surface area contributed by atoms with Crippen LogP contribution < -0.4 is 15.4 Å². The van der Waals surface area contributed by atoms with Crippen LogP contribution in [0.2, 0.25) is 0 Å². The molecule has 26 heavy (non-hydrogen) atoms. The van der Waals surface area contributed by atoms with Crippen molar-refractivity contribution in [1.29, 1.82) is 0 Å². The highest BCUT2D eigenvalue weighted by atomic mass is 16.5. The van der Waals surface area contributed by atoms with Gasteiger partial charge in [-0.15, -0.1) is 0 Å². The Morgan fingerprint density at radius 1 is 1.19 bits per heavy atom. The molecule has 2 N–H and O–H groups in total. The van der Waals surface area contributed by atoms with Gasteiger partial charge in [0.25, 0.3) is 0 Å². The number of benzene rings is 1. The van der Waals surface area contributed by atoms with Crippen molar-refractivity contribution in [2.24, 2.45) is 4.99 Å². The summed E-state index contributed by atoms with van der Waals surface area (Å²) in [6.45, 7) is 5.67. The van der Waals surface area contributed by atoms with Crippen molar-refractivity contribution >= 4 is 5.96 Å². The lowest BCUT2D eigenvalue weighted by molar-refractivity contribution is 0.368. The molecule has 142 valence electrons. The predicted octanol–water partition coefficient (Wildman–Crippen LogP) is 2.54. The van der Waals surface area contributed by atoms with Gasteiger partial charge in [0.15, 0.2) is 11.8 Å². The normalized spacial score (nSPS) is 11.7. The minimum Gasteiger partial charge on any atom is -0.496 e.